The molecule has 0 aromatic heterocycles. The van der Waals surface area contributed by atoms with E-state index < -0.39 is 15.8 Å². The van der Waals surface area contributed by atoms with Crippen molar-refractivity contribution >= 4 is 27.3 Å². The molecule has 0 heterocycles. The van der Waals surface area contributed by atoms with Gasteiger partial charge in [0.25, 0.3) is 10.0 Å². The molecule has 0 atom stereocenters. The fourth-order valence-electron chi connectivity index (χ4n) is 1.66. The molecular weight excluding hydrogens is 305 g/mol. The molecule has 0 bridgehead atoms. The predicted octanol–water partition coefficient (Wildman–Crippen LogP) is 3.29. The average Bonchev–Trinajstić information content (AvgIpc) is 2.37. The molecule has 106 valence electrons. The normalized spacial score (nSPS) is 11.3. The van der Waals surface area contributed by atoms with E-state index in [2.05, 4.69) is 4.72 Å². The van der Waals surface area contributed by atoms with Crippen LogP contribution >= 0.6 is 11.6 Å². The standard InChI is InChI=1S/C13H11ClFNO3S/c1-8-3-2-4-11(17)13(8)16-20(18,19)12-7-9(15)5-6-10(12)14/h2-7,16-17H,1H3. The lowest BCUT2D eigenvalue weighted by atomic mass is 10.2. The zero-order valence-corrected chi connectivity index (χ0v) is 12.0. The van der Waals surface area contributed by atoms with Gasteiger partial charge in [-0.25, -0.2) is 12.8 Å². The molecule has 7 heteroatoms. The van der Waals surface area contributed by atoms with Gasteiger partial charge in [-0.1, -0.05) is 23.7 Å². The summed E-state index contributed by atoms with van der Waals surface area (Å²) in [6.45, 7) is 1.63. The highest BCUT2D eigenvalue weighted by Gasteiger charge is 2.21. The molecule has 0 radical (unpaired) electrons. The van der Waals surface area contributed by atoms with E-state index in [-0.39, 0.29) is 21.4 Å². The van der Waals surface area contributed by atoms with Gasteiger partial charge in [0.15, 0.2) is 0 Å². The number of hydrogen-bond acceptors (Lipinski definition) is 3. The van der Waals surface area contributed by atoms with Crippen LogP contribution in [0.25, 0.3) is 0 Å². The number of sulfonamides is 1. The lowest BCUT2D eigenvalue weighted by molar-refractivity contribution is 0.477. The van der Waals surface area contributed by atoms with Crippen LogP contribution in [0.15, 0.2) is 41.3 Å². The topological polar surface area (TPSA) is 66.4 Å². The smallest absolute Gasteiger partial charge is 0.263 e. The zero-order chi connectivity index (χ0) is 14.9. The highest BCUT2D eigenvalue weighted by atomic mass is 35.5. The summed E-state index contributed by atoms with van der Waals surface area (Å²) in [5.41, 5.74) is 0.564. The van der Waals surface area contributed by atoms with Crippen molar-refractivity contribution in [2.45, 2.75) is 11.8 Å². The Morgan fingerprint density at radius 3 is 2.60 bits per heavy atom. The second-order valence-corrected chi connectivity index (χ2v) is 6.21. The van der Waals surface area contributed by atoms with Crippen molar-refractivity contribution in [1.29, 1.82) is 0 Å². The van der Waals surface area contributed by atoms with Gasteiger partial charge in [-0.05, 0) is 36.8 Å². The van der Waals surface area contributed by atoms with E-state index >= 15 is 0 Å². The van der Waals surface area contributed by atoms with Crippen LogP contribution in [0.5, 0.6) is 5.75 Å². The Bertz CT molecular complexity index is 742. The molecule has 0 aliphatic carbocycles. The van der Waals surface area contributed by atoms with Crippen molar-refractivity contribution < 1.29 is 17.9 Å². The number of halogens is 2. The van der Waals surface area contributed by atoms with Crippen LogP contribution in [-0.2, 0) is 10.0 Å². The van der Waals surface area contributed by atoms with Gasteiger partial charge < -0.3 is 5.11 Å². The summed E-state index contributed by atoms with van der Waals surface area (Å²) in [5.74, 6) is -0.940. The monoisotopic (exact) mass is 315 g/mol. The summed E-state index contributed by atoms with van der Waals surface area (Å²) in [6.07, 6.45) is 0. The molecule has 2 aromatic rings. The van der Waals surface area contributed by atoms with Gasteiger partial charge in [0, 0.05) is 0 Å². The first kappa shape index (κ1) is 14.6. The SMILES string of the molecule is Cc1cccc(O)c1NS(=O)(=O)c1cc(F)ccc1Cl. The minimum atomic E-state index is -4.09. The molecule has 0 saturated heterocycles. The zero-order valence-electron chi connectivity index (χ0n) is 10.4. The van der Waals surface area contributed by atoms with E-state index in [4.69, 9.17) is 11.6 Å². The first-order chi connectivity index (χ1) is 9.31. The Balaban J connectivity index is 2.49. The number of benzene rings is 2. The van der Waals surface area contributed by atoms with Crippen LogP contribution in [0.2, 0.25) is 5.02 Å². The molecule has 0 saturated carbocycles. The number of anilines is 1. The lowest BCUT2D eigenvalue weighted by Gasteiger charge is -2.13. The maximum atomic E-state index is 13.2. The van der Waals surface area contributed by atoms with Crippen LogP contribution in [0.1, 0.15) is 5.56 Å². The van der Waals surface area contributed by atoms with E-state index in [1.54, 1.807) is 19.1 Å². The maximum Gasteiger partial charge on any atom is 0.263 e. The first-order valence-corrected chi connectivity index (χ1v) is 7.44. The lowest BCUT2D eigenvalue weighted by Crippen LogP contribution is -2.14. The Labute approximate surface area is 120 Å². The summed E-state index contributed by atoms with van der Waals surface area (Å²) in [5, 5.41) is 9.59. The highest BCUT2D eigenvalue weighted by Crippen LogP contribution is 2.31. The Morgan fingerprint density at radius 1 is 1.25 bits per heavy atom. The van der Waals surface area contributed by atoms with Crippen LogP contribution in [0, 0.1) is 12.7 Å². The number of para-hydroxylation sites is 1. The van der Waals surface area contributed by atoms with Crippen LogP contribution in [-0.4, -0.2) is 13.5 Å². The second-order valence-electron chi connectivity index (χ2n) is 4.15. The minimum absolute atomic E-state index is 0.0350. The minimum Gasteiger partial charge on any atom is -0.506 e. The molecular formula is C13H11ClFNO3S. The van der Waals surface area contributed by atoms with Gasteiger partial charge in [0.05, 0.1) is 10.7 Å². The van der Waals surface area contributed by atoms with E-state index in [0.717, 1.165) is 18.2 Å². The quantitative estimate of drug-likeness (QED) is 0.854. The van der Waals surface area contributed by atoms with Crippen molar-refractivity contribution in [1.82, 2.24) is 0 Å². The van der Waals surface area contributed by atoms with Crippen molar-refractivity contribution in [2.75, 3.05) is 4.72 Å². The molecule has 0 spiro atoms. The third kappa shape index (κ3) is 2.86. The van der Waals surface area contributed by atoms with Gasteiger partial charge in [-0.2, -0.15) is 0 Å². The Hall–Kier alpha value is -1.79. The fraction of sp³-hybridized carbons (Fsp3) is 0.0769. The maximum absolute atomic E-state index is 13.2. The van der Waals surface area contributed by atoms with Crippen molar-refractivity contribution in [3.8, 4) is 5.75 Å². The predicted molar refractivity (Wildman–Crippen MR) is 75.1 cm³/mol. The summed E-state index contributed by atoms with van der Waals surface area (Å²) in [6, 6.07) is 7.59. The van der Waals surface area contributed by atoms with Crippen molar-refractivity contribution in [3.63, 3.8) is 0 Å². The van der Waals surface area contributed by atoms with Gasteiger partial charge in [0.2, 0.25) is 0 Å². The molecule has 4 nitrogen and oxygen atoms in total. The van der Waals surface area contributed by atoms with Gasteiger partial charge in [-0.3, -0.25) is 4.72 Å². The summed E-state index contributed by atoms with van der Waals surface area (Å²) in [4.78, 5) is -0.387. The van der Waals surface area contributed by atoms with E-state index in [1.807, 2.05) is 0 Å². The van der Waals surface area contributed by atoms with E-state index in [9.17, 15) is 17.9 Å². The number of aromatic hydroxyl groups is 1. The van der Waals surface area contributed by atoms with Crippen LogP contribution in [0.3, 0.4) is 0 Å². The molecule has 0 fully saturated rings. The molecule has 0 amide bonds. The first-order valence-electron chi connectivity index (χ1n) is 5.58. The van der Waals surface area contributed by atoms with E-state index in [0.29, 0.717) is 5.56 Å². The van der Waals surface area contributed by atoms with Crippen LogP contribution in [0.4, 0.5) is 10.1 Å². The highest BCUT2D eigenvalue weighted by molar-refractivity contribution is 7.92. The molecule has 2 N–H and O–H groups in total. The largest absolute Gasteiger partial charge is 0.506 e. The molecule has 20 heavy (non-hydrogen) atoms. The third-order valence-corrected chi connectivity index (χ3v) is 4.50. The number of nitrogens with one attached hydrogen (secondary N) is 1. The molecule has 0 aliphatic rings. The van der Waals surface area contributed by atoms with Crippen LogP contribution < -0.4 is 4.72 Å². The molecule has 2 aromatic carbocycles. The number of phenols is 1. The molecule has 0 unspecified atom stereocenters. The second kappa shape index (κ2) is 5.30. The summed E-state index contributed by atoms with van der Waals surface area (Å²) >= 11 is 5.78. The third-order valence-electron chi connectivity index (χ3n) is 2.67. The number of rotatable bonds is 3. The fourth-order valence-corrected chi connectivity index (χ4v) is 3.32. The van der Waals surface area contributed by atoms with Gasteiger partial charge in [-0.15, -0.1) is 0 Å². The van der Waals surface area contributed by atoms with Crippen molar-refractivity contribution in [2.24, 2.45) is 0 Å². The summed E-state index contributed by atoms with van der Waals surface area (Å²) in [7, 11) is -4.09. The number of aryl methyl sites for hydroxylation is 1. The number of phenolic OH excluding ortho intramolecular Hbond substituents is 1. The molecule has 0 aliphatic heterocycles. The number of hydrogen-bond donors (Lipinski definition) is 2. The Morgan fingerprint density at radius 2 is 1.95 bits per heavy atom. The van der Waals surface area contributed by atoms with Crippen molar-refractivity contribution in [3.05, 3.63) is 52.8 Å². The van der Waals surface area contributed by atoms with Gasteiger partial charge >= 0.3 is 0 Å². The molecule has 2 rings (SSSR count). The van der Waals surface area contributed by atoms with E-state index in [1.165, 1.54) is 6.07 Å². The average molecular weight is 316 g/mol. The Kier molecular flexibility index (Phi) is 3.87. The summed E-state index contributed by atoms with van der Waals surface area (Å²) < 4.78 is 39.8. The van der Waals surface area contributed by atoms with Gasteiger partial charge in [0.1, 0.15) is 16.5 Å².